The molecule has 112 valence electrons. The van der Waals surface area contributed by atoms with Crippen molar-refractivity contribution >= 4 is 0 Å². The first-order valence-electron chi connectivity index (χ1n) is 4.93. The van der Waals surface area contributed by atoms with Crippen LogP contribution in [0.25, 0.3) is 0 Å². The largest absolute Gasteiger partial charge is 0.273 e. The van der Waals surface area contributed by atoms with E-state index in [9.17, 15) is 35.9 Å². The summed E-state index contributed by atoms with van der Waals surface area (Å²) in [6.45, 7) is 0. The third-order valence-corrected chi connectivity index (χ3v) is 4.51. The van der Waals surface area contributed by atoms with Gasteiger partial charge < -0.3 is 0 Å². The van der Waals surface area contributed by atoms with E-state index in [1.165, 1.54) is 0 Å². The van der Waals surface area contributed by atoms with Gasteiger partial charge in [-0.15, -0.1) is 0 Å². The lowest BCUT2D eigenvalue weighted by Gasteiger charge is -3.13. The van der Waals surface area contributed by atoms with E-state index in [2.05, 4.69) is 0 Å². The monoisotopic (exact) mass is 312 g/mol. The Balaban J connectivity index is 1.68. The van der Waals surface area contributed by atoms with Crippen molar-refractivity contribution in [3.05, 3.63) is 0 Å². The van der Waals surface area contributed by atoms with Crippen LogP contribution in [0.1, 0.15) is 0 Å². The van der Waals surface area contributed by atoms with E-state index < -0.39 is 45.0 Å². The number of rotatable bonds is 4. The molecule has 0 aromatic carbocycles. The molecule has 6 aliphatic heterocycles. The highest BCUT2D eigenvalue weighted by Crippen LogP contribution is 2.96. The third kappa shape index (κ3) is 0.492. The summed E-state index contributed by atoms with van der Waals surface area (Å²) in [6, 6.07) is 0. The molecule has 0 saturated carbocycles. The van der Waals surface area contributed by atoms with Gasteiger partial charge in [-0.1, -0.05) is 35.9 Å². The summed E-state index contributed by atoms with van der Waals surface area (Å²) >= 11 is 0. The van der Waals surface area contributed by atoms with Crippen LogP contribution in [0.15, 0.2) is 0 Å². The average molecular weight is 312 g/mol. The van der Waals surface area contributed by atoms with Crippen molar-refractivity contribution < 1.29 is 35.9 Å². The Morgan fingerprint density at radius 2 is 0.550 bits per heavy atom. The lowest BCUT2D eigenvalue weighted by molar-refractivity contribution is -0.985. The molecule has 0 spiro atoms. The Morgan fingerprint density at radius 1 is 0.400 bits per heavy atom. The summed E-state index contributed by atoms with van der Waals surface area (Å²) in [5.41, 5.74) is 0. The smallest absolute Gasteiger partial charge is 0.153 e. The Labute approximate surface area is 102 Å². The van der Waals surface area contributed by atoms with E-state index in [-0.39, 0.29) is 19.6 Å². The van der Waals surface area contributed by atoms with Crippen molar-refractivity contribution in [2.75, 3.05) is 0 Å². The Bertz CT molecular complexity index is 406. The fourth-order valence-electron chi connectivity index (χ4n) is 4.25. The molecule has 6 rings (SSSR count). The van der Waals surface area contributed by atoms with Crippen LogP contribution < -0.4 is 0 Å². The van der Waals surface area contributed by atoms with Crippen molar-refractivity contribution in [1.29, 1.82) is 0 Å². The summed E-state index contributed by atoms with van der Waals surface area (Å²) in [5, 5.41) is -6.69. The topological polar surface area (TPSA) is 25.9 Å². The first-order valence-corrected chi connectivity index (χ1v) is 4.93. The molecular weight excluding hydrogens is 312 g/mol. The van der Waals surface area contributed by atoms with Gasteiger partial charge in [0.2, 0.25) is 0 Å². The molecule has 0 N–H and O–H groups in total. The van der Waals surface area contributed by atoms with Gasteiger partial charge in [-0.3, -0.25) is 0 Å². The normalized spacial score (nSPS) is 55.8. The van der Waals surface area contributed by atoms with Crippen LogP contribution >= 0.6 is 0 Å². The molecule has 0 aromatic rings. The standard InChI is InChI=1S/C4F8N8/c5-17(6)1-13-2(18(7)8)14(1)4(20(11)12)15(1)3(13,16(2)4)19(9)10. The molecule has 8 nitrogen and oxygen atoms in total. The first kappa shape index (κ1) is 11.7. The molecule has 0 aromatic heterocycles. The second-order valence-electron chi connectivity index (χ2n) is 4.67. The zero-order valence-electron chi connectivity index (χ0n) is 8.60. The van der Waals surface area contributed by atoms with Gasteiger partial charge in [0.05, 0.1) is 21.4 Å². The molecule has 6 fully saturated rings. The van der Waals surface area contributed by atoms with Crippen LogP contribution in [-0.2, 0) is 0 Å². The first-order chi connectivity index (χ1) is 9.24. The van der Waals surface area contributed by atoms with E-state index in [4.69, 9.17) is 0 Å². The Hall–Kier alpha value is -0.880. The molecule has 6 aliphatic rings. The van der Waals surface area contributed by atoms with Gasteiger partial charge in [0, 0.05) is 0 Å². The lowest BCUT2D eigenvalue weighted by atomic mass is 9.69. The molecule has 0 atom stereocenters. The summed E-state index contributed by atoms with van der Waals surface area (Å²) in [4.78, 5) is 0.104. The van der Waals surface area contributed by atoms with Gasteiger partial charge in [0.1, 0.15) is 0 Å². The summed E-state index contributed by atoms with van der Waals surface area (Å²) in [7, 11) is 0. The van der Waals surface area contributed by atoms with E-state index in [1.54, 1.807) is 0 Å². The fourth-order valence-corrected chi connectivity index (χ4v) is 4.25. The number of hydrogen-bond acceptors (Lipinski definition) is 8. The minimum atomic E-state index is -2.81. The van der Waals surface area contributed by atoms with Gasteiger partial charge in [-0.2, -0.15) is 19.6 Å². The van der Waals surface area contributed by atoms with Crippen LogP contribution in [0.3, 0.4) is 0 Å². The maximum atomic E-state index is 12.9. The van der Waals surface area contributed by atoms with Crippen molar-refractivity contribution in [2.24, 2.45) is 0 Å². The van der Waals surface area contributed by atoms with Crippen LogP contribution in [-0.4, -0.2) is 64.6 Å². The second kappa shape index (κ2) is 2.39. The molecule has 6 heterocycles. The average Bonchev–Trinajstić information content (AvgIpc) is 2.35. The highest BCUT2D eigenvalue weighted by molar-refractivity contribution is 5.51. The zero-order valence-corrected chi connectivity index (χ0v) is 8.60. The van der Waals surface area contributed by atoms with Crippen LogP contribution in [0.5, 0.6) is 0 Å². The van der Waals surface area contributed by atoms with Crippen molar-refractivity contribution in [3.8, 4) is 0 Å². The molecule has 16 heteroatoms. The molecule has 6 saturated heterocycles. The minimum Gasteiger partial charge on any atom is -0.153 e. The van der Waals surface area contributed by atoms with E-state index >= 15 is 0 Å². The van der Waals surface area contributed by atoms with Gasteiger partial charge in [-0.05, 0) is 0 Å². The second-order valence-corrected chi connectivity index (χ2v) is 4.67. The number of hydrogen-bond donors (Lipinski definition) is 0. The minimum absolute atomic E-state index is 0.0260. The van der Waals surface area contributed by atoms with Crippen LogP contribution in [0.4, 0.5) is 35.9 Å². The lowest BCUT2D eigenvalue weighted by Crippen LogP contribution is -3.45. The van der Waals surface area contributed by atoms with Gasteiger partial charge >= 0.3 is 0 Å². The fraction of sp³-hybridized carbons (Fsp3) is 1.00. The molecule has 0 unspecified atom stereocenters. The summed E-state index contributed by atoms with van der Waals surface area (Å²) < 4.78 is 103. The maximum Gasteiger partial charge on any atom is 0.273 e. The molecule has 0 bridgehead atoms. The van der Waals surface area contributed by atoms with E-state index in [0.717, 1.165) is 0 Å². The SMILES string of the molecule is FN(F)C12N3C4(N(F)F)N1C1(N(F)F)N2C3(N(F)F)N41. The Kier molecular flexibility index (Phi) is 1.40. The van der Waals surface area contributed by atoms with E-state index in [0.29, 0.717) is 0 Å². The summed E-state index contributed by atoms with van der Waals surface area (Å²) in [6.07, 6.45) is 0. The molecular formula is C4F8N8. The van der Waals surface area contributed by atoms with Crippen molar-refractivity contribution in [1.82, 2.24) is 41.0 Å². The zero-order chi connectivity index (χ0) is 14.6. The van der Waals surface area contributed by atoms with Gasteiger partial charge in [0.15, 0.2) is 0 Å². The molecule has 0 amide bonds. The van der Waals surface area contributed by atoms with Crippen molar-refractivity contribution in [3.63, 3.8) is 0 Å². The predicted octanol–water partition coefficient (Wildman–Crippen LogP) is -0.00840. The highest BCUT2D eigenvalue weighted by Gasteiger charge is 3.29. The molecule has 0 aliphatic carbocycles. The quantitative estimate of drug-likeness (QED) is 0.528. The predicted molar refractivity (Wildman–Crippen MR) is 34.5 cm³/mol. The number of nitrogens with zero attached hydrogens (tertiary/aromatic N) is 8. The summed E-state index contributed by atoms with van der Waals surface area (Å²) in [5.74, 6) is -11.2. The van der Waals surface area contributed by atoms with Gasteiger partial charge in [-0.25, -0.2) is 0 Å². The number of halogens is 8. The van der Waals surface area contributed by atoms with Crippen LogP contribution in [0, 0.1) is 0 Å². The van der Waals surface area contributed by atoms with Crippen LogP contribution in [0.2, 0.25) is 0 Å². The van der Waals surface area contributed by atoms with E-state index in [1.807, 2.05) is 0 Å². The highest BCUT2D eigenvalue weighted by atomic mass is 19.4. The maximum absolute atomic E-state index is 12.9. The molecule has 20 heavy (non-hydrogen) atoms. The van der Waals surface area contributed by atoms with Crippen molar-refractivity contribution in [2.45, 2.75) is 23.6 Å². The third-order valence-electron chi connectivity index (χ3n) is 4.51. The molecule has 0 radical (unpaired) electrons. The van der Waals surface area contributed by atoms with Gasteiger partial charge in [0.25, 0.3) is 23.6 Å². The Morgan fingerprint density at radius 3 is 0.650 bits per heavy atom.